The van der Waals surface area contributed by atoms with Crippen LogP contribution in [0.1, 0.15) is 21.5 Å². The quantitative estimate of drug-likeness (QED) is 0.593. The number of carbonyl (C=O) groups is 1. The molecule has 1 aliphatic heterocycles. The summed E-state index contributed by atoms with van der Waals surface area (Å²) in [4.78, 5) is 11.5. The van der Waals surface area contributed by atoms with Crippen molar-refractivity contribution >= 4 is 17.6 Å². The molecule has 3 rings (SSSR count). The van der Waals surface area contributed by atoms with Crippen LogP contribution >= 0.6 is 0 Å². The molecule has 0 atom stereocenters. The second-order valence-corrected chi connectivity index (χ2v) is 5.41. The number of rotatable bonds is 4. The zero-order valence-corrected chi connectivity index (χ0v) is 13.1. The van der Waals surface area contributed by atoms with E-state index >= 15 is 0 Å². The summed E-state index contributed by atoms with van der Waals surface area (Å²) in [7, 11) is 1.26. The van der Waals surface area contributed by atoms with E-state index in [-0.39, 0.29) is 5.57 Å². The number of nitrogens with zero attached hydrogens (tertiary/aromatic N) is 2. The molecule has 2 aromatic carbocycles. The van der Waals surface area contributed by atoms with Gasteiger partial charge in [-0.1, -0.05) is 42.5 Å². The topological polar surface area (TPSA) is 51.0 Å². The van der Waals surface area contributed by atoms with Gasteiger partial charge in [-0.3, -0.25) is 0 Å². The summed E-state index contributed by atoms with van der Waals surface area (Å²) >= 11 is 0. The number of methoxy groups -OCH3 is 1. The largest absolute Gasteiger partial charge is 0.465 e. The van der Waals surface area contributed by atoms with Gasteiger partial charge in [-0.25, -0.2) is 4.79 Å². The van der Waals surface area contributed by atoms with Crippen LogP contribution in [0.15, 0.2) is 64.8 Å². The lowest BCUT2D eigenvalue weighted by Crippen LogP contribution is -2.33. The maximum Gasteiger partial charge on any atom is 0.442 e. The molecule has 128 valence electrons. The molecule has 0 bridgehead atoms. The third-order valence-electron chi connectivity index (χ3n) is 3.80. The van der Waals surface area contributed by atoms with Gasteiger partial charge in [-0.15, -0.1) is 10.2 Å². The fourth-order valence-electron chi connectivity index (χ4n) is 2.43. The van der Waals surface area contributed by atoms with Gasteiger partial charge in [0.25, 0.3) is 0 Å². The minimum absolute atomic E-state index is 0.0635. The molecule has 0 radical (unpaired) electrons. The summed E-state index contributed by atoms with van der Waals surface area (Å²) in [6.45, 7) is 0. The van der Waals surface area contributed by atoms with E-state index in [1.54, 1.807) is 42.5 Å². The molecule has 0 spiro atoms. The third kappa shape index (κ3) is 3.17. The zero-order chi connectivity index (χ0) is 18.1. The second-order valence-electron chi connectivity index (χ2n) is 5.41. The van der Waals surface area contributed by atoms with Crippen LogP contribution in [0.3, 0.4) is 0 Å². The van der Waals surface area contributed by atoms with Crippen molar-refractivity contribution in [2.75, 3.05) is 7.11 Å². The predicted molar refractivity (Wildman–Crippen MR) is 85.7 cm³/mol. The highest BCUT2D eigenvalue weighted by molar-refractivity contribution is 5.91. The van der Waals surface area contributed by atoms with Crippen molar-refractivity contribution in [1.82, 2.24) is 0 Å². The van der Waals surface area contributed by atoms with Gasteiger partial charge in [0.2, 0.25) is 0 Å². The molecule has 0 N–H and O–H groups in total. The van der Waals surface area contributed by atoms with Crippen molar-refractivity contribution in [2.45, 2.75) is 11.8 Å². The van der Waals surface area contributed by atoms with E-state index in [0.29, 0.717) is 16.7 Å². The Balaban J connectivity index is 2.04. The first-order chi connectivity index (χ1) is 11.9. The van der Waals surface area contributed by atoms with Crippen LogP contribution in [0.4, 0.5) is 13.2 Å². The highest BCUT2D eigenvalue weighted by atomic mass is 19.4. The number of halogens is 3. The molecular formula is C18H13F3N2O2. The fourth-order valence-corrected chi connectivity index (χ4v) is 2.43. The first-order valence-corrected chi connectivity index (χ1v) is 7.34. The van der Waals surface area contributed by atoms with Gasteiger partial charge >= 0.3 is 17.8 Å². The number of ether oxygens (including phenoxy) is 1. The van der Waals surface area contributed by atoms with Crippen LogP contribution in [0.25, 0.3) is 11.6 Å². The standard InChI is InChI=1S/C18H13F3N2O2/c1-25-16(24)14-9-7-12(8-10-14)11-15(13-5-3-2-4-6-13)17(22-23-17)18(19,20)21/h2-11H,1H3. The fraction of sp³-hybridized carbons (Fsp3) is 0.167. The number of carbonyl (C=O) groups excluding carboxylic acids is 1. The SMILES string of the molecule is COC(=O)c1ccc(C=C(c2ccccc2)C2(C(F)(F)F)N=N2)cc1. The first kappa shape index (κ1) is 16.9. The monoisotopic (exact) mass is 346 g/mol. The number of hydrogen-bond donors (Lipinski definition) is 0. The molecule has 1 aliphatic rings. The van der Waals surface area contributed by atoms with Crippen LogP contribution in [0.5, 0.6) is 0 Å². The van der Waals surface area contributed by atoms with Crippen molar-refractivity contribution < 1.29 is 22.7 Å². The maximum atomic E-state index is 13.5. The Kier molecular flexibility index (Phi) is 4.16. The zero-order valence-electron chi connectivity index (χ0n) is 13.1. The molecule has 25 heavy (non-hydrogen) atoms. The van der Waals surface area contributed by atoms with Gasteiger partial charge in [0, 0.05) is 5.57 Å². The van der Waals surface area contributed by atoms with Gasteiger partial charge in [-0.2, -0.15) is 13.2 Å². The number of hydrogen-bond acceptors (Lipinski definition) is 4. The molecule has 4 nitrogen and oxygen atoms in total. The van der Waals surface area contributed by atoms with Crippen LogP contribution in [-0.4, -0.2) is 24.9 Å². The molecule has 0 aliphatic carbocycles. The van der Waals surface area contributed by atoms with Gasteiger partial charge in [0.1, 0.15) is 0 Å². The highest BCUT2D eigenvalue weighted by Crippen LogP contribution is 2.53. The lowest BCUT2D eigenvalue weighted by molar-refractivity contribution is -0.148. The van der Waals surface area contributed by atoms with Crippen molar-refractivity contribution in [3.63, 3.8) is 0 Å². The molecule has 0 fully saturated rings. The molecule has 0 saturated heterocycles. The van der Waals surface area contributed by atoms with Crippen molar-refractivity contribution in [3.8, 4) is 0 Å². The van der Waals surface area contributed by atoms with E-state index in [1.807, 2.05) is 0 Å². The van der Waals surface area contributed by atoms with Gasteiger partial charge in [0.15, 0.2) is 0 Å². The van der Waals surface area contributed by atoms with Crippen LogP contribution < -0.4 is 0 Å². The van der Waals surface area contributed by atoms with E-state index < -0.39 is 17.8 Å². The average Bonchev–Trinajstić information content (AvgIpc) is 3.42. The summed E-state index contributed by atoms with van der Waals surface area (Å²) in [5, 5.41) is 6.59. The summed E-state index contributed by atoms with van der Waals surface area (Å²) in [5.74, 6) is -0.516. The number of alkyl halides is 3. The van der Waals surface area contributed by atoms with E-state index in [2.05, 4.69) is 15.0 Å². The Labute approximate surface area is 141 Å². The van der Waals surface area contributed by atoms with Crippen LogP contribution in [-0.2, 0) is 4.74 Å². The van der Waals surface area contributed by atoms with Crippen LogP contribution in [0.2, 0.25) is 0 Å². The lowest BCUT2D eigenvalue weighted by Gasteiger charge is -2.18. The highest BCUT2D eigenvalue weighted by Gasteiger charge is 2.66. The van der Waals surface area contributed by atoms with Gasteiger partial charge < -0.3 is 4.74 Å². The molecule has 0 aromatic heterocycles. The Morgan fingerprint density at radius 3 is 2.08 bits per heavy atom. The molecule has 7 heteroatoms. The van der Waals surface area contributed by atoms with Crippen LogP contribution in [0, 0.1) is 0 Å². The smallest absolute Gasteiger partial charge is 0.442 e. The number of benzene rings is 2. The van der Waals surface area contributed by atoms with Crippen molar-refractivity contribution in [1.29, 1.82) is 0 Å². The summed E-state index contributed by atoms with van der Waals surface area (Å²) in [6, 6.07) is 14.2. The van der Waals surface area contributed by atoms with E-state index in [9.17, 15) is 18.0 Å². The van der Waals surface area contributed by atoms with E-state index in [1.165, 1.54) is 25.3 Å². The molecule has 2 aromatic rings. The Morgan fingerprint density at radius 1 is 1.00 bits per heavy atom. The lowest BCUT2D eigenvalue weighted by atomic mass is 9.92. The minimum Gasteiger partial charge on any atom is -0.465 e. The first-order valence-electron chi connectivity index (χ1n) is 7.34. The Bertz CT molecular complexity index is 835. The maximum absolute atomic E-state index is 13.5. The van der Waals surface area contributed by atoms with Crippen molar-refractivity contribution in [3.05, 3.63) is 71.3 Å². The second kappa shape index (κ2) is 6.16. The molecule has 0 saturated carbocycles. The summed E-state index contributed by atoms with van der Waals surface area (Å²) in [6.07, 6.45) is -3.25. The Hall–Kier alpha value is -2.96. The summed E-state index contributed by atoms with van der Waals surface area (Å²) in [5.41, 5.74) is -1.41. The molecular weight excluding hydrogens is 333 g/mol. The van der Waals surface area contributed by atoms with E-state index in [0.717, 1.165) is 0 Å². The van der Waals surface area contributed by atoms with Gasteiger partial charge in [-0.05, 0) is 29.3 Å². The Morgan fingerprint density at radius 2 is 1.60 bits per heavy atom. The average molecular weight is 346 g/mol. The normalized spacial score (nSPS) is 15.8. The predicted octanol–water partition coefficient (Wildman–Crippen LogP) is 4.74. The third-order valence-corrected chi connectivity index (χ3v) is 3.80. The molecule has 0 amide bonds. The number of esters is 1. The van der Waals surface area contributed by atoms with E-state index in [4.69, 9.17) is 0 Å². The van der Waals surface area contributed by atoms with Gasteiger partial charge in [0.05, 0.1) is 12.7 Å². The molecule has 0 unspecified atom stereocenters. The van der Waals surface area contributed by atoms with Crippen molar-refractivity contribution in [2.24, 2.45) is 10.2 Å². The summed E-state index contributed by atoms with van der Waals surface area (Å²) < 4.78 is 45.0. The minimum atomic E-state index is -4.62. The molecule has 1 heterocycles.